The predicted octanol–water partition coefficient (Wildman–Crippen LogP) is 9.82. The highest BCUT2D eigenvalue weighted by Gasteiger charge is 2.22. The van der Waals surface area contributed by atoms with Gasteiger partial charge in [-0.3, -0.25) is 18.9 Å². The van der Waals surface area contributed by atoms with Crippen LogP contribution in [0.5, 0.6) is 0 Å². The van der Waals surface area contributed by atoms with Gasteiger partial charge >= 0.3 is 19.8 Å². The second kappa shape index (κ2) is 31.9. The number of allylic oxidation sites excluding steroid dienone is 8. The highest BCUT2D eigenvalue weighted by molar-refractivity contribution is 7.46. The summed E-state index contributed by atoms with van der Waals surface area (Å²) in [6.07, 6.45) is 32.5. The fraction of sp³-hybridized carbons (Fsp3) is 0.711. The van der Waals surface area contributed by atoms with Crippen molar-refractivity contribution >= 4 is 25.5 Å². The van der Waals surface area contributed by atoms with Crippen molar-refractivity contribution < 1.29 is 42.7 Å². The number of unbranched alkanes of at least 4 members (excludes halogenated alkanes) is 10. The lowest BCUT2D eigenvalue weighted by atomic mass is 9.99. The highest BCUT2D eigenvalue weighted by atomic mass is 31.2. The first-order chi connectivity index (χ1) is 23.1. The molecule has 0 spiro atoms. The summed E-state index contributed by atoms with van der Waals surface area (Å²) in [7, 11) is -4.78. The lowest BCUT2D eigenvalue weighted by Crippen LogP contribution is -2.29. The van der Waals surface area contributed by atoms with Crippen molar-refractivity contribution in [3.05, 3.63) is 48.6 Å². The van der Waals surface area contributed by atoms with Crippen LogP contribution in [-0.2, 0) is 32.9 Å². The van der Waals surface area contributed by atoms with E-state index in [9.17, 15) is 18.9 Å². The van der Waals surface area contributed by atoms with Gasteiger partial charge in [0.05, 0.1) is 6.61 Å². The molecule has 0 saturated carbocycles. The average Bonchev–Trinajstić information content (AvgIpc) is 3.04. The van der Waals surface area contributed by atoms with Gasteiger partial charge in [-0.25, -0.2) is 4.57 Å². The van der Waals surface area contributed by atoms with E-state index < -0.39 is 32.5 Å². The van der Waals surface area contributed by atoms with Gasteiger partial charge < -0.3 is 19.3 Å². The van der Waals surface area contributed by atoms with E-state index >= 15 is 0 Å². The Morgan fingerprint density at radius 1 is 0.688 bits per heavy atom. The third kappa shape index (κ3) is 33.6. The number of phosphoric ester groups is 1. The van der Waals surface area contributed by atoms with Gasteiger partial charge in [0.25, 0.3) is 0 Å². The zero-order valence-corrected chi connectivity index (χ0v) is 30.9. The number of carbonyl (C=O) groups excluding carboxylic acids is 3. The number of ether oxygens (including phenoxy) is 2. The van der Waals surface area contributed by atoms with Gasteiger partial charge in [-0.15, -0.1) is 0 Å². The largest absolute Gasteiger partial charge is 0.469 e. The monoisotopic (exact) mass is 696 g/mol. The van der Waals surface area contributed by atoms with Crippen molar-refractivity contribution in [3.63, 3.8) is 0 Å². The predicted molar refractivity (Wildman–Crippen MR) is 193 cm³/mol. The number of phosphoric acid groups is 1. The summed E-state index contributed by atoms with van der Waals surface area (Å²) >= 11 is 0. The molecular formula is C38H65O9P. The summed E-state index contributed by atoms with van der Waals surface area (Å²) < 4.78 is 26.2. The molecule has 10 heteroatoms. The van der Waals surface area contributed by atoms with Crippen LogP contribution < -0.4 is 0 Å². The van der Waals surface area contributed by atoms with Crippen molar-refractivity contribution in [1.29, 1.82) is 0 Å². The number of hydrogen-bond donors (Lipinski definition) is 2. The van der Waals surface area contributed by atoms with E-state index in [0.717, 1.165) is 57.3 Å². The maximum absolute atomic E-state index is 12.3. The van der Waals surface area contributed by atoms with E-state index in [2.05, 4.69) is 25.3 Å². The molecule has 0 aliphatic rings. The van der Waals surface area contributed by atoms with Crippen LogP contribution in [0.1, 0.15) is 149 Å². The quantitative estimate of drug-likeness (QED) is 0.0176. The molecule has 0 rings (SSSR count). The van der Waals surface area contributed by atoms with Crippen molar-refractivity contribution in [2.24, 2.45) is 5.92 Å². The number of esters is 2. The van der Waals surface area contributed by atoms with Gasteiger partial charge in [0.2, 0.25) is 0 Å². The molecule has 0 aliphatic carbocycles. The summed E-state index contributed by atoms with van der Waals surface area (Å²) in [5.41, 5.74) is 0. The van der Waals surface area contributed by atoms with Gasteiger partial charge in [0.1, 0.15) is 6.61 Å². The van der Waals surface area contributed by atoms with Crippen LogP contribution in [0.3, 0.4) is 0 Å². The number of rotatable bonds is 32. The molecule has 2 N–H and O–H groups in total. The van der Waals surface area contributed by atoms with Gasteiger partial charge in [0.15, 0.2) is 11.9 Å². The molecule has 1 unspecified atom stereocenters. The molecular weight excluding hydrogens is 631 g/mol. The van der Waals surface area contributed by atoms with Crippen LogP contribution in [-0.4, -0.2) is 46.8 Å². The van der Waals surface area contributed by atoms with Crippen LogP contribution >= 0.6 is 7.82 Å². The number of hydrogen-bond acceptors (Lipinski definition) is 7. The second-order valence-corrected chi connectivity index (χ2v) is 13.7. The van der Waals surface area contributed by atoms with Crippen LogP contribution in [0, 0.1) is 5.92 Å². The molecule has 0 saturated heterocycles. The van der Waals surface area contributed by atoms with Crippen molar-refractivity contribution in [1.82, 2.24) is 0 Å². The molecule has 0 amide bonds. The Morgan fingerprint density at radius 2 is 1.29 bits per heavy atom. The minimum absolute atomic E-state index is 0.109. The molecule has 48 heavy (non-hydrogen) atoms. The molecule has 0 aromatic carbocycles. The third-order valence-electron chi connectivity index (χ3n) is 7.87. The summed E-state index contributed by atoms with van der Waals surface area (Å²) in [6, 6.07) is 0. The molecule has 9 nitrogen and oxygen atoms in total. The Hall–Kier alpha value is -2.32. The van der Waals surface area contributed by atoms with E-state index in [0.29, 0.717) is 25.7 Å². The SMILES string of the molecule is CCCCCC(=O)/C=C/C=C\C/C=C\C/C=C\CCCC(=O)O[C@H](COC(=O)CCCCCCCCCCC(C)CC)COP(=O)(O)O. The van der Waals surface area contributed by atoms with Crippen LogP contribution in [0.4, 0.5) is 0 Å². The summed E-state index contributed by atoms with van der Waals surface area (Å²) in [5.74, 6) is -0.0107. The number of ketones is 1. The molecule has 0 fully saturated rings. The maximum Gasteiger partial charge on any atom is 0.469 e. The van der Waals surface area contributed by atoms with E-state index in [1.807, 2.05) is 36.5 Å². The highest BCUT2D eigenvalue weighted by Crippen LogP contribution is 2.36. The van der Waals surface area contributed by atoms with Gasteiger partial charge in [0, 0.05) is 19.3 Å². The fourth-order valence-electron chi connectivity index (χ4n) is 4.71. The summed E-state index contributed by atoms with van der Waals surface area (Å²) in [4.78, 5) is 54.3. The first-order valence-electron chi connectivity index (χ1n) is 18.3. The minimum Gasteiger partial charge on any atom is -0.462 e. The topological polar surface area (TPSA) is 136 Å². The Balaban J connectivity index is 4.17. The Labute approximate surface area is 290 Å². The molecule has 0 radical (unpaired) electrons. The van der Waals surface area contributed by atoms with Gasteiger partial charge in [-0.05, 0) is 50.5 Å². The Morgan fingerprint density at radius 3 is 1.96 bits per heavy atom. The van der Waals surface area contributed by atoms with Gasteiger partial charge in [-0.1, -0.05) is 134 Å². The van der Waals surface area contributed by atoms with Crippen LogP contribution in [0.2, 0.25) is 0 Å². The lowest BCUT2D eigenvalue weighted by Gasteiger charge is -2.18. The smallest absolute Gasteiger partial charge is 0.462 e. The Kier molecular flexibility index (Phi) is 30.4. The average molecular weight is 697 g/mol. The zero-order valence-electron chi connectivity index (χ0n) is 30.0. The van der Waals surface area contributed by atoms with E-state index in [1.54, 1.807) is 12.2 Å². The maximum atomic E-state index is 12.3. The van der Waals surface area contributed by atoms with E-state index in [1.165, 1.54) is 38.5 Å². The molecule has 2 atom stereocenters. The molecule has 0 aromatic rings. The van der Waals surface area contributed by atoms with Crippen LogP contribution in [0.15, 0.2) is 48.6 Å². The summed E-state index contributed by atoms with van der Waals surface area (Å²) in [5, 5.41) is 0. The third-order valence-corrected chi connectivity index (χ3v) is 8.35. The van der Waals surface area contributed by atoms with E-state index in [-0.39, 0.29) is 25.2 Å². The first kappa shape index (κ1) is 45.7. The van der Waals surface area contributed by atoms with Crippen molar-refractivity contribution in [2.45, 2.75) is 155 Å². The Bertz CT molecular complexity index is 996. The molecule has 0 heterocycles. The zero-order chi connectivity index (χ0) is 35.7. The molecule has 0 bridgehead atoms. The minimum atomic E-state index is -4.78. The second-order valence-electron chi connectivity index (χ2n) is 12.5. The summed E-state index contributed by atoms with van der Waals surface area (Å²) in [6.45, 7) is 5.76. The molecule has 0 aliphatic heterocycles. The lowest BCUT2D eigenvalue weighted by molar-refractivity contribution is -0.161. The van der Waals surface area contributed by atoms with E-state index in [4.69, 9.17) is 19.3 Å². The standard InChI is InChI=1S/C38H65O9P/c1-4-6-22-28-35(39)29-24-19-15-10-8-7-9-11-17-21-26-31-38(41)47-36(33-46-48(42,43)44)32-45-37(40)30-25-20-16-13-12-14-18-23-27-34(3)5-2/h7-8,11,15,17,19,24,29,34,36H,4-6,9-10,12-14,16,18,20-23,25-28,30-33H2,1-3H3,(H2,42,43,44)/b8-7-,17-11-,19-15-,29-24+/t34?,36-/m1/s1. The normalized spacial score (nSPS) is 13.6. The van der Waals surface area contributed by atoms with Crippen molar-refractivity contribution in [2.75, 3.05) is 13.2 Å². The van der Waals surface area contributed by atoms with Gasteiger partial charge in [-0.2, -0.15) is 0 Å². The molecule has 276 valence electrons. The first-order valence-corrected chi connectivity index (χ1v) is 19.8. The van der Waals surface area contributed by atoms with Crippen molar-refractivity contribution in [3.8, 4) is 0 Å². The molecule has 0 aromatic heterocycles. The fourth-order valence-corrected chi connectivity index (χ4v) is 5.07. The van der Waals surface area contributed by atoms with Crippen LogP contribution in [0.25, 0.3) is 0 Å². The number of carbonyl (C=O) groups is 3.